The molecule has 1 fully saturated rings. The van der Waals surface area contributed by atoms with E-state index in [1.54, 1.807) is 12.4 Å². The molecule has 2 aromatic rings. The van der Waals surface area contributed by atoms with Crippen LogP contribution in [0.25, 0.3) is 0 Å². The van der Waals surface area contributed by atoms with Crippen molar-refractivity contribution in [1.82, 2.24) is 20.1 Å². The van der Waals surface area contributed by atoms with E-state index in [1.165, 1.54) is 17.3 Å². The highest BCUT2D eigenvalue weighted by Crippen LogP contribution is 2.15. The average molecular weight is 371 g/mol. The van der Waals surface area contributed by atoms with Crippen LogP contribution < -0.4 is 5.32 Å². The molecule has 1 aliphatic rings. The van der Waals surface area contributed by atoms with Gasteiger partial charge in [0, 0.05) is 56.6 Å². The Hall–Kier alpha value is -1.89. The molecule has 1 aromatic carbocycles. The average Bonchev–Trinajstić information content (AvgIpc) is 2.68. The maximum Gasteiger partial charge on any atom is 0.230 e. The van der Waals surface area contributed by atoms with E-state index in [2.05, 4.69) is 51.4 Å². The van der Waals surface area contributed by atoms with Gasteiger partial charge in [0.1, 0.15) is 0 Å². The Morgan fingerprint density at radius 3 is 2.38 bits per heavy atom. The Bertz CT molecular complexity index is 685. The van der Waals surface area contributed by atoms with Gasteiger partial charge in [-0.05, 0) is 30.3 Å². The van der Waals surface area contributed by atoms with Gasteiger partial charge in [0.05, 0.1) is 5.75 Å². The standard InChI is InChI=1S/C20H26N4OS/c1-23-10-12-24(13-11-23)15-18-4-2-17(3-5-18)14-22-20(25)16-26-19-6-8-21-9-7-19/h2-9H,10-16H2,1H3,(H,22,25). The minimum atomic E-state index is 0.0494. The molecule has 1 amide bonds. The molecule has 0 saturated carbocycles. The Morgan fingerprint density at radius 2 is 1.69 bits per heavy atom. The first-order valence-electron chi connectivity index (χ1n) is 8.97. The highest BCUT2D eigenvalue weighted by atomic mass is 32.2. The number of aromatic nitrogens is 1. The second kappa shape index (κ2) is 9.71. The van der Waals surface area contributed by atoms with Crippen molar-refractivity contribution < 1.29 is 4.79 Å². The summed E-state index contributed by atoms with van der Waals surface area (Å²) < 4.78 is 0. The van der Waals surface area contributed by atoms with Crippen LogP contribution in [0, 0.1) is 0 Å². The number of nitrogens with zero attached hydrogens (tertiary/aromatic N) is 3. The van der Waals surface area contributed by atoms with Crippen LogP contribution in [0.1, 0.15) is 11.1 Å². The molecule has 138 valence electrons. The fraction of sp³-hybridized carbons (Fsp3) is 0.400. The monoisotopic (exact) mass is 370 g/mol. The number of amides is 1. The van der Waals surface area contributed by atoms with Crippen LogP contribution in [0.3, 0.4) is 0 Å². The second-order valence-electron chi connectivity index (χ2n) is 6.64. The van der Waals surface area contributed by atoms with Gasteiger partial charge >= 0.3 is 0 Å². The van der Waals surface area contributed by atoms with E-state index < -0.39 is 0 Å². The fourth-order valence-electron chi connectivity index (χ4n) is 2.86. The first kappa shape index (κ1) is 18.9. The largest absolute Gasteiger partial charge is 0.351 e. The zero-order valence-corrected chi connectivity index (χ0v) is 16.0. The molecule has 26 heavy (non-hydrogen) atoms. The first-order valence-corrected chi connectivity index (χ1v) is 9.96. The molecule has 3 rings (SSSR count). The lowest BCUT2D eigenvalue weighted by molar-refractivity contribution is -0.118. The number of piperazine rings is 1. The van der Waals surface area contributed by atoms with Crippen molar-refractivity contribution in [1.29, 1.82) is 0 Å². The van der Waals surface area contributed by atoms with Crippen molar-refractivity contribution in [2.75, 3.05) is 39.0 Å². The Kier molecular flexibility index (Phi) is 7.05. The number of carbonyl (C=O) groups is 1. The van der Waals surface area contributed by atoms with Crippen LogP contribution in [0.4, 0.5) is 0 Å². The van der Waals surface area contributed by atoms with Gasteiger partial charge in [0.25, 0.3) is 0 Å². The summed E-state index contributed by atoms with van der Waals surface area (Å²) in [5.74, 6) is 0.472. The van der Waals surface area contributed by atoms with E-state index in [1.807, 2.05) is 12.1 Å². The van der Waals surface area contributed by atoms with E-state index in [4.69, 9.17) is 0 Å². The highest BCUT2D eigenvalue weighted by molar-refractivity contribution is 8.00. The SMILES string of the molecule is CN1CCN(Cc2ccc(CNC(=O)CSc3ccncc3)cc2)CC1. The molecule has 0 aliphatic carbocycles. The van der Waals surface area contributed by atoms with Crippen LogP contribution in [0.15, 0.2) is 53.7 Å². The summed E-state index contributed by atoms with van der Waals surface area (Å²) in [5, 5.41) is 2.98. The maximum absolute atomic E-state index is 12.0. The zero-order chi connectivity index (χ0) is 18.2. The smallest absolute Gasteiger partial charge is 0.230 e. The van der Waals surface area contributed by atoms with Crippen LogP contribution in [0.5, 0.6) is 0 Å². The van der Waals surface area contributed by atoms with Gasteiger partial charge in [-0.2, -0.15) is 0 Å². The Labute approximate surface area is 159 Å². The van der Waals surface area contributed by atoms with Crippen molar-refractivity contribution in [2.24, 2.45) is 0 Å². The number of hydrogen-bond donors (Lipinski definition) is 1. The Morgan fingerprint density at radius 1 is 1.04 bits per heavy atom. The van der Waals surface area contributed by atoms with Gasteiger partial charge in [0.15, 0.2) is 0 Å². The summed E-state index contributed by atoms with van der Waals surface area (Å²) in [6, 6.07) is 12.4. The zero-order valence-electron chi connectivity index (χ0n) is 15.2. The van der Waals surface area contributed by atoms with E-state index in [0.29, 0.717) is 12.3 Å². The van der Waals surface area contributed by atoms with E-state index in [0.717, 1.165) is 43.2 Å². The second-order valence-corrected chi connectivity index (χ2v) is 7.69. The summed E-state index contributed by atoms with van der Waals surface area (Å²) >= 11 is 1.52. The number of hydrogen-bond acceptors (Lipinski definition) is 5. The van der Waals surface area contributed by atoms with Crippen molar-refractivity contribution in [2.45, 2.75) is 18.0 Å². The van der Waals surface area contributed by atoms with Gasteiger partial charge < -0.3 is 10.2 Å². The lowest BCUT2D eigenvalue weighted by Gasteiger charge is -2.32. The predicted molar refractivity (Wildman–Crippen MR) is 106 cm³/mol. The number of nitrogens with one attached hydrogen (secondary N) is 1. The molecule has 1 N–H and O–H groups in total. The molecule has 2 heterocycles. The van der Waals surface area contributed by atoms with E-state index in [-0.39, 0.29) is 5.91 Å². The molecule has 0 unspecified atom stereocenters. The number of pyridine rings is 1. The summed E-state index contributed by atoms with van der Waals surface area (Å²) in [5.41, 5.74) is 2.47. The Balaban J connectivity index is 1.39. The van der Waals surface area contributed by atoms with Crippen LogP contribution in [0.2, 0.25) is 0 Å². The maximum atomic E-state index is 12.0. The molecule has 6 heteroatoms. The van der Waals surface area contributed by atoms with Gasteiger partial charge in [-0.15, -0.1) is 11.8 Å². The third-order valence-corrected chi connectivity index (χ3v) is 5.55. The van der Waals surface area contributed by atoms with E-state index in [9.17, 15) is 4.79 Å². The lowest BCUT2D eigenvalue weighted by Crippen LogP contribution is -2.43. The molecule has 1 aliphatic heterocycles. The molecule has 1 aromatic heterocycles. The van der Waals surface area contributed by atoms with Gasteiger partial charge in [0.2, 0.25) is 5.91 Å². The van der Waals surface area contributed by atoms with Gasteiger partial charge in [-0.25, -0.2) is 0 Å². The summed E-state index contributed by atoms with van der Waals surface area (Å²) in [6.45, 7) is 6.11. The minimum absolute atomic E-state index is 0.0494. The topological polar surface area (TPSA) is 48.5 Å². The van der Waals surface area contributed by atoms with Gasteiger partial charge in [-0.3, -0.25) is 14.7 Å². The molecule has 1 saturated heterocycles. The minimum Gasteiger partial charge on any atom is -0.351 e. The number of carbonyl (C=O) groups excluding carboxylic acids is 1. The fourth-order valence-corrected chi connectivity index (χ4v) is 3.58. The summed E-state index contributed by atoms with van der Waals surface area (Å²) in [4.78, 5) is 21.9. The quantitative estimate of drug-likeness (QED) is 0.758. The third kappa shape index (κ3) is 6.12. The molecular weight excluding hydrogens is 344 g/mol. The molecule has 5 nitrogen and oxygen atoms in total. The number of benzene rings is 1. The van der Waals surface area contributed by atoms with Crippen LogP contribution in [-0.2, 0) is 17.9 Å². The van der Waals surface area contributed by atoms with Crippen molar-refractivity contribution in [3.05, 3.63) is 59.9 Å². The highest BCUT2D eigenvalue weighted by Gasteiger charge is 2.13. The molecule has 0 atom stereocenters. The van der Waals surface area contributed by atoms with Gasteiger partial charge in [-0.1, -0.05) is 24.3 Å². The van der Waals surface area contributed by atoms with Crippen molar-refractivity contribution in [3.8, 4) is 0 Å². The number of likely N-dealkylation sites (N-methyl/N-ethyl adjacent to an activating group) is 1. The molecule has 0 radical (unpaired) electrons. The molecule has 0 spiro atoms. The normalized spacial score (nSPS) is 15.7. The third-order valence-electron chi connectivity index (χ3n) is 4.53. The van der Waals surface area contributed by atoms with Crippen molar-refractivity contribution >= 4 is 17.7 Å². The number of thioether (sulfide) groups is 1. The molecular formula is C20H26N4OS. The lowest BCUT2D eigenvalue weighted by atomic mass is 10.1. The van der Waals surface area contributed by atoms with E-state index >= 15 is 0 Å². The first-order chi connectivity index (χ1) is 12.7. The van der Waals surface area contributed by atoms with Crippen LogP contribution in [-0.4, -0.2) is 59.7 Å². The van der Waals surface area contributed by atoms with Crippen molar-refractivity contribution in [3.63, 3.8) is 0 Å². The van der Waals surface area contributed by atoms with Crippen LogP contribution >= 0.6 is 11.8 Å². The molecule has 0 bridgehead atoms. The number of rotatable bonds is 7. The summed E-state index contributed by atoms with van der Waals surface area (Å²) in [6.07, 6.45) is 3.48. The predicted octanol–water partition coefficient (Wildman–Crippen LogP) is 2.24. The summed E-state index contributed by atoms with van der Waals surface area (Å²) in [7, 11) is 2.18.